The average Bonchev–Trinajstić information content (AvgIpc) is 2.95. The van der Waals surface area contributed by atoms with Crippen LogP contribution in [0.25, 0.3) is 0 Å². The third-order valence-corrected chi connectivity index (χ3v) is 4.48. The number of nitrogens with one attached hydrogen (secondary N) is 2. The van der Waals surface area contributed by atoms with Crippen molar-refractivity contribution in [1.29, 1.82) is 0 Å². The van der Waals surface area contributed by atoms with E-state index in [0.717, 1.165) is 25.6 Å². The quantitative estimate of drug-likeness (QED) is 0.597. The molecule has 2 rings (SSSR count). The zero-order valence-corrected chi connectivity index (χ0v) is 15.9. The van der Waals surface area contributed by atoms with E-state index in [1.165, 1.54) is 20.9 Å². The summed E-state index contributed by atoms with van der Waals surface area (Å²) in [7, 11) is 4.18. The van der Waals surface area contributed by atoms with Gasteiger partial charge in [0, 0.05) is 22.8 Å². The van der Waals surface area contributed by atoms with Crippen molar-refractivity contribution in [2.45, 2.75) is 33.5 Å². The van der Waals surface area contributed by atoms with E-state index in [0.29, 0.717) is 6.54 Å². The molecule has 0 aliphatic rings. The molecule has 0 bridgehead atoms. The largest absolute Gasteiger partial charge is 0.357 e. The van der Waals surface area contributed by atoms with Gasteiger partial charge in [0.25, 0.3) is 0 Å². The third kappa shape index (κ3) is 6.34. The standard InChI is InChI=1S/C19H28N4S/c1-5-20-19(22-13-18-10-9-15(2)24-18)21-12-16-7-6-8-17(11-16)14-23(3)4/h6-11H,5,12-14H2,1-4H3,(H2,20,21,22). The summed E-state index contributed by atoms with van der Waals surface area (Å²) in [6.07, 6.45) is 0. The lowest BCUT2D eigenvalue weighted by Gasteiger charge is -2.12. The van der Waals surface area contributed by atoms with E-state index in [2.05, 4.69) is 79.9 Å². The number of benzene rings is 1. The maximum Gasteiger partial charge on any atom is 0.191 e. The number of guanidine groups is 1. The first kappa shape index (κ1) is 18.5. The van der Waals surface area contributed by atoms with Gasteiger partial charge in [0.1, 0.15) is 0 Å². The van der Waals surface area contributed by atoms with Gasteiger partial charge in [0.2, 0.25) is 0 Å². The van der Waals surface area contributed by atoms with E-state index >= 15 is 0 Å². The summed E-state index contributed by atoms with van der Waals surface area (Å²) >= 11 is 1.82. The van der Waals surface area contributed by atoms with Crippen LogP contribution in [0.15, 0.2) is 41.4 Å². The van der Waals surface area contributed by atoms with Gasteiger partial charge in [-0.15, -0.1) is 11.3 Å². The zero-order chi connectivity index (χ0) is 17.4. The molecule has 1 aromatic heterocycles. The van der Waals surface area contributed by atoms with Crippen LogP contribution in [0.5, 0.6) is 0 Å². The predicted octanol–water partition coefficient (Wildman–Crippen LogP) is 3.37. The first-order valence-electron chi connectivity index (χ1n) is 8.37. The Morgan fingerprint density at radius 1 is 1.12 bits per heavy atom. The summed E-state index contributed by atoms with van der Waals surface area (Å²) in [6.45, 7) is 7.52. The van der Waals surface area contributed by atoms with Crippen molar-refractivity contribution in [3.8, 4) is 0 Å². The number of hydrogen-bond donors (Lipinski definition) is 2. The fourth-order valence-electron chi connectivity index (χ4n) is 2.45. The lowest BCUT2D eigenvalue weighted by molar-refractivity contribution is 0.402. The molecule has 1 heterocycles. The van der Waals surface area contributed by atoms with Gasteiger partial charge < -0.3 is 15.5 Å². The van der Waals surface area contributed by atoms with Crippen LogP contribution in [0.2, 0.25) is 0 Å². The second kappa shape index (κ2) is 9.45. The normalized spacial score (nSPS) is 11.8. The first-order chi connectivity index (χ1) is 11.6. The van der Waals surface area contributed by atoms with Gasteiger partial charge >= 0.3 is 0 Å². The van der Waals surface area contributed by atoms with Crippen molar-refractivity contribution >= 4 is 17.3 Å². The molecule has 4 nitrogen and oxygen atoms in total. The smallest absolute Gasteiger partial charge is 0.191 e. The van der Waals surface area contributed by atoms with Gasteiger partial charge in [-0.05, 0) is 51.2 Å². The summed E-state index contributed by atoms with van der Waals surface area (Å²) in [4.78, 5) is 9.55. The summed E-state index contributed by atoms with van der Waals surface area (Å²) in [6, 6.07) is 13.0. The van der Waals surface area contributed by atoms with E-state index < -0.39 is 0 Å². The van der Waals surface area contributed by atoms with Gasteiger partial charge in [0.05, 0.1) is 13.1 Å². The Morgan fingerprint density at radius 2 is 1.92 bits per heavy atom. The second-order valence-electron chi connectivity index (χ2n) is 6.12. The monoisotopic (exact) mass is 344 g/mol. The molecular formula is C19H28N4S. The van der Waals surface area contributed by atoms with Crippen molar-refractivity contribution in [3.63, 3.8) is 0 Å². The number of aryl methyl sites for hydroxylation is 1. The number of hydrogen-bond acceptors (Lipinski definition) is 3. The maximum atomic E-state index is 4.71. The molecule has 130 valence electrons. The number of aliphatic imine (C=N–C) groups is 1. The fourth-order valence-corrected chi connectivity index (χ4v) is 3.28. The highest BCUT2D eigenvalue weighted by molar-refractivity contribution is 7.11. The van der Waals surface area contributed by atoms with Crippen LogP contribution in [0, 0.1) is 6.92 Å². The van der Waals surface area contributed by atoms with Gasteiger partial charge in [-0.3, -0.25) is 0 Å². The highest BCUT2D eigenvalue weighted by Gasteiger charge is 2.02. The molecule has 0 spiro atoms. The van der Waals surface area contributed by atoms with Crippen molar-refractivity contribution in [2.24, 2.45) is 4.99 Å². The predicted molar refractivity (Wildman–Crippen MR) is 105 cm³/mol. The van der Waals surface area contributed by atoms with Crippen molar-refractivity contribution in [2.75, 3.05) is 20.6 Å². The number of rotatable bonds is 7. The van der Waals surface area contributed by atoms with Crippen LogP contribution >= 0.6 is 11.3 Å². The molecule has 24 heavy (non-hydrogen) atoms. The fraction of sp³-hybridized carbons (Fsp3) is 0.421. The third-order valence-electron chi connectivity index (χ3n) is 3.48. The van der Waals surface area contributed by atoms with Crippen molar-refractivity contribution in [3.05, 3.63) is 57.3 Å². The number of nitrogens with zero attached hydrogens (tertiary/aromatic N) is 2. The lowest BCUT2D eigenvalue weighted by Crippen LogP contribution is -2.36. The molecule has 2 N–H and O–H groups in total. The highest BCUT2D eigenvalue weighted by atomic mass is 32.1. The Balaban J connectivity index is 1.97. The summed E-state index contributed by atoms with van der Waals surface area (Å²) in [5.41, 5.74) is 2.55. The minimum Gasteiger partial charge on any atom is -0.357 e. The summed E-state index contributed by atoms with van der Waals surface area (Å²) in [5.74, 6) is 0.863. The molecule has 0 radical (unpaired) electrons. The van der Waals surface area contributed by atoms with Gasteiger partial charge in [0.15, 0.2) is 5.96 Å². The Morgan fingerprint density at radius 3 is 2.58 bits per heavy atom. The molecule has 1 aromatic carbocycles. The van der Waals surface area contributed by atoms with Crippen molar-refractivity contribution < 1.29 is 0 Å². The van der Waals surface area contributed by atoms with E-state index in [4.69, 9.17) is 4.99 Å². The average molecular weight is 345 g/mol. The Labute approximate surface area is 149 Å². The van der Waals surface area contributed by atoms with Crippen LogP contribution in [0.3, 0.4) is 0 Å². The SMILES string of the molecule is CCNC(=NCc1cccc(CN(C)C)c1)NCc1ccc(C)s1. The minimum atomic E-state index is 0.681. The van der Waals surface area contributed by atoms with Crippen LogP contribution in [-0.4, -0.2) is 31.5 Å². The van der Waals surface area contributed by atoms with Crippen LogP contribution in [0.1, 0.15) is 27.8 Å². The summed E-state index contributed by atoms with van der Waals surface area (Å²) < 4.78 is 0. The number of thiophene rings is 1. The van der Waals surface area contributed by atoms with E-state index in [1.807, 2.05) is 11.3 Å². The highest BCUT2D eigenvalue weighted by Crippen LogP contribution is 2.14. The van der Waals surface area contributed by atoms with Crippen molar-refractivity contribution in [1.82, 2.24) is 15.5 Å². The van der Waals surface area contributed by atoms with E-state index in [-0.39, 0.29) is 0 Å². The van der Waals surface area contributed by atoms with Gasteiger partial charge in [-0.25, -0.2) is 4.99 Å². The molecule has 0 aliphatic heterocycles. The molecule has 0 saturated heterocycles. The zero-order valence-electron chi connectivity index (χ0n) is 15.1. The Bertz CT molecular complexity index is 661. The maximum absolute atomic E-state index is 4.71. The molecule has 0 unspecified atom stereocenters. The molecule has 0 aliphatic carbocycles. The molecule has 2 aromatic rings. The van der Waals surface area contributed by atoms with E-state index in [9.17, 15) is 0 Å². The van der Waals surface area contributed by atoms with Crippen LogP contribution < -0.4 is 10.6 Å². The molecule has 0 amide bonds. The van der Waals surface area contributed by atoms with Gasteiger partial charge in [-0.2, -0.15) is 0 Å². The van der Waals surface area contributed by atoms with E-state index in [1.54, 1.807) is 0 Å². The van der Waals surface area contributed by atoms with Crippen LogP contribution in [0.4, 0.5) is 0 Å². The minimum absolute atomic E-state index is 0.681. The Hall–Kier alpha value is -1.85. The first-order valence-corrected chi connectivity index (χ1v) is 9.18. The molecule has 5 heteroatoms. The molecule has 0 atom stereocenters. The van der Waals surface area contributed by atoms with Gasteiger partial charge in [-0.1, -0.05) is 24.3 Å². The van der Waals surface area contributed by atoms with Crippen LogP contribution in [-0.2, 0) is 19.6 Å². The topological polar surface area (TPSA) is 39.7 Å². The molecule has 0 fully saturated rings. The molecule has 0 saturated carbocycles. The molecular weight excluding hydrogens is 316 g/mol. The second-order valence-corrected chi connectivity index (χ2v) is 7.49. The summed E-state index contributed by atoms with van der Waals surface area (Å²) in [5, 5.41) is 6.72. The Kier molecular flexibility index (Phi) is 7.28. The lowest BCUT2D eigenvalue weighted by atomic mass is 10.1.